The number of ether oxygens (including phenoxy) is 2. The van der Waals surface area contributed by atoms with Gasteiger partial charge in [0.05, 0.1) is 12.8 Å². The molecule has 0 spiro atoms. The first-order valence-electron chi connectivity index (χ1n) is 8.04. The number of hydrogen-bond donors (Lipinski definition) is 1. The fraction of sp³-hybridized carbons (Fsp3) is 0.625. The molecule has 0 bridgehead atoms. The van der Waals surface area contributed by atoms with E-state index >= 15 is 0 Å². The molecule has 8 nitrogen and oxygen atoms in total. The lowest BCUT2D eigenvalue weighted by Gasteiger charge is -2.30. The van der Waals surface area contributed by atoms with Gasteiger partial charge >= 0.3 is 6.09 Å². The predicted molar refractivity (Wildman–Crippen MR) is 104 cm³/mol. The Morgan fingerprint density at radius 2 is 2.00 bits per heavy atom. The SMILES string of the molecule is CC(C)N(CCOc1ncc(Br)cc1NS(C)(=O)=O)C(=O)OC(C)(C)C. The van der Waals surface area contributed by atoms with Gasteiger partial charge in [-0.2, -0.15) is 0 Å². The highest BCUT2D eigenvalue weighted by atomic mass is 79.9. The summed E-state index contributed by atoms with van der Waals surface area (Å²) in [6.07, 6.45) is 2.10. The smallest absolute Gasteiger partial charge is 0.410 e. The van der Waals surface area contributed by atoms with Crippen LogP contribution in [0.1, 0.15) is 34.6 Å². The van der Waals surface area contributed by atoms with Crippen molar-refractivity contribution >= 4 is 37.7 Å². The van der Waals surface area contributed by atoms with Gasteiger partial charge in [-0.05, 0) is 56.6 Å². The fourth-order valence-corrected chi connectivity index (χ4v) is 2.81. The molecular formula is C16H26BrN3O5S. The maximum Gasteiger partial charge on any atom is 0.410 e. The van der Waals surface area contributed by atoms with E-state index in [1.807, 2.05) is 13.8 Å². The molecule has 0 radical (unpaired) electrons. The minimum Gasteiger partial charge on any atom is -0.474 e. The van der Waals surface area contributed by atoms with Crippen LogP contribution in [0.5, 0.6) is 5.88 Å². The summed E-state index contributed by atoms with van der Waals surface area (Å²) in [4.78, 5) is 17.9. The zero-order valence-corrected chi connectivity index (χ0v) is 18.3. The van der Waals surface area contributed by atoms with E-state index in [4.69, 9.17) is 9.47 Å². The third-order valence-corrected chi connectivity index (χ3v) is 3.96. The van der Waals surface area contributed by atoms with Gasteiger partial charge in [-0.15, -0.1) is 0 Å². The third kappa shape index (κ3) is 8.22. The summed E-state index contributed by atoms with van der Waals surface area (Å²) >= 11 is 3.24. The van der Waals surface area contributed by atoms with Crippen LogP contribution in [-0.2, 0) is 14.8 Å². The lowest BCUT2D eigenvalue weighted by atomic mass is 10.2. The second-order valence-electron chi connectivity index (χ2n) is 7.00. The van der Waals surface area contributed by atoms with Crippen LogP contribution in [0.3, 0.4) is 0 Å². The molecule has 0 saturated heterocycles. The van der Waals surface area contributed by atoms with E-state index in [2.05, 4.69) is 25.6 Å². The molecular weight excluding hydrogens is 426 g/mol. The van der Waals surface area contributed by atoms with E-state index in [-0.39, 0.29) is 30.8 Å². The zero-order chi connectivity index (χ0) is 20.1. The zero-order valence-electron chi connectivity index (χ0n) is 15.9. The van der Waals surface area contributed by atoms with Gasteiger partial charge in [-0.3, -0.25) is 4.72 Å². The number of rotatable bonds is 7. The van der Waals surface area contributed by atoms with Gasteiger partial charge in [0.2, 0.25) is 15.9 Å². The quantitative estimate of drug-likeness (QED) is 0.682. The first-order valence-corrected chi connectivity index (χ1v) is 10.7. The van der Waals surface area contributed by atoms with Crippen molar-refractivity contribution in [3.05, 3.63) is 16.7 Å². The van der Waals surface area contributed by atoms with E-state index < -0.39 is 21.7 Å². The van der Waals surface area contributed by atoms with Crippen LogP contribution in [0.25, 0.3) is 0 Å². The number of nitrogens with zero attached hydrogens (tertiary/aromatic N) is 2. The first kappa shape index (κ1) is 22.5. The lowest BCUT2D eigenvalue weighted by molar-refractivity contribution is 0.0163. The molecule has 1 heterocycles. The number of pyridine rings is 1. The summed E-state index contributed by atoms with van der Waals surface area (Å²) in [6.45, 7) is 9.54. The van der Waals surface area contributed by atoms with Crippen molar-refractivity contribution in [1.82, 2.24) is 9.88 Å². The molecule has 1 amide bonds. The Morgan fingerprint density at radius 3 is 2.50 bits per heavy atom. The molecule has 0 atom stereocenters. The van der Waals surface area contributed by atoms with Crippen molar-refractivity contribution < 1.29 is 22.7 Å². The van der Waals surface area contributed by atoms with E-state index in [1.165, 1.54) is 11.1 Å². The average molecular weight is 452 g/mol. The number of nitrogens with one attached hydrogen (secondary N) is 1. The highest BCUT2D eigenvalue weighted by Gasteiger charge is 2.24. The molecule has 1 aromatic rings. The van der Waals surface area contributed by atoms with Crippen LogP contribution >= 0.6 is 15.9 Å². The van der Waals surface area contributed by atoms with Crippen molar-refractivity contribution in [1.29, 1.82) is 0 Å². The number of hydrogen-bond acceptors (Lipinski definition) is 6. The number of anilines is 1. The van der Waals surface area contributed by atoms with Crippen molar-refractivity contribution in [2.24, 2.45) is 0 Å². The largest absolute Gasteiger partial charge is 0.474 e. The second kappa shape index (κ2) is 8.90. The van der Waals surface area contributed by atoms with E-state index in [0.717, 1.165) is 6.26 Å². The Kier molecular flexibility index (Phi) is 7.70. The summed E-state index contributed by atoms with van der Waals surface area (Å²) in [5.74, 6) is 0.131. The molecule has 1 aromatic heterocycles. The van der Waals surface area contributed by atoms with Gasteiger partial charge in [0.1, 0.15) is 17.9 Å². The Hall–Kier alpha value is -1.55. The topological polar surface area (TPSA) is 97.8 Å². The molecule has 0 aliphatic heterocycles. The Balaban J connectivity index is 2.80. The second-order valence-corrected chi connectivity index (χ2v) is 9.66. The summed E-state index contributed by atoms with van der Waals surface area (Å²) in [6, 6.07) is 1.47. The van der Waals surface area contributed by atoms with Crippen LogP contribution in [0.15, 0.2) is 16.7 Å². The normalized spacial score (nSPS) is 12.0. The van der Waals surface area contributed by atoms with Gasteiger partial charge in [-0.1, -0.05) is 0 Å². The Bertz CT molecular complexity index is 732. The van der Waals surface area contributed by atoms with Gasteiger partial charge in [0.15, 0.2) is 0 Å². The Labute approximate surface area is 163 Å². The number of amides is 1. The monoisotopic (exact) mass is 451 g/mol. The average Bonchev–Trinajstić information content (AvgIpc) is 2.41. The first-order chi connectivity index (χ1) is 11.8. The minimum atomic E-state index is -3.48. The molecule has 148 valence electrons. The van der Waals surface area contributed by atoms with E-state index in [1.54, 1.807) is 26.8 Å². The van der Waals surface area contributed by atoms with Crippen LogP contribution < -0.4 is 9.46 Å². The third-order valence-electron chi connectivity index (χ3n) is 2.94. The predicted octanol–water partition coefficient (Wildman–Crippen LogP) is 3.24. The van der Waals surface area contributed by atoms with E-state index in [9.17, 15) is 13.2 Å². The summed E-state index contributed by atoms with van der Waals surface area (Å²) in [7, 11) is -3.48. The number of carbonyl (C=O) groups excluding carboxylic acids is 1. The van der Waals surface area contributed by atoms with Crippen LogP contribution in [0.4, 0.5) is 10.5 Å². The molecule has 0 aliphatic carbocycles. The van der Waals surface area contributed by atoms with Crippen LogP contribution in [-0.4, -0.2) is 55.4 Å². The maximum absolute atomic E-state index is 12.3. The molecule has 0 fully saturated rings. The number of halogens is 1. The van der Waals surface area contributed by atoms with Crippen LogP contribution in [0, 0.1) is 0 Å². The van der Waals surface area contributed by atoms with Crippen molar-refractivity contribution in [3.63, 3.8) is 0 Å². The number of sulfonamides is 1. The molecule has 1 rings (SSSR count). The highest BCUT2D eigenvalue weighted by molar-refractivity contribution is 9.10. The molecule has 10 heteroatoms. The minimum absolute atomic E-state index is 0.0834. The molecule has 0 aromatic carbocycles. The maximum atomic E-state index is 12.3. The Morgan fingerprint density at radius 1 is 1.38 bits per heavy atom. The lowest BCUT2D eigenvalue weighted by Crippen LogP contribution is -2.43. The molecule has 1 N–H and O–H groups in total. The van der Waals surface area contributed by atoms with Crippen molar-refractivity contribution in [3.8, 4) is 5.88 Å². The summed E-state index contributed by atoms with van der Waals surface area (Å²) < 4.78 is 36.9. The van der Waals surface area contributed by atoms with Crippen molar-refractivity contribution in [2.75, 3.05) is 24.1 Å². The van der Waals surface area contributed by atoms with Gasteiger partial charge in [0.25, 0.3) is 0 Å². The van der Waals surface area contributed by atoms with Gasteiger partial charge in [-0.25, -0.2) is 18.2 Å². The van der Waals surface area contributed by atoms with Crippen LogP contribution in [0.2, 0.25) is 0 Å². The molecule has 26 heavy (non-hydrogen) atoms. The highest BCUT2D eigenvalue weighted by Crippen LogP contribution is 2.26. The fourth-order valence-electron chi connectivity index (χ4n) is 1.94. The van der Waals surface area contributed by atoms with Crippen molar-refractivity contribution in [2.45, 2.75) is 46.3 Å². The molecule has 0 unspecified atom stereocenters. The molecule has 0 saturated carbocycles. The molecule has 0 aliphatic rings. The van der Waals surface area contributed by atoms with E-state index in [0.29, 0.717) is 4.47 Å². The number of aromatic nitrogens is 1. The summed E-state index contributed by atoms with van der Waals surface area (Å²) in [5, 5.41) is 0. The summed E-state index contributed by atoms with van der Waals surface area (Å²) in [5.41, 5.74) is -0.375. The number of carbonyl (C=O) groups is 1. The van der Waals surface area contributed by atoms with Gasteiger partial charge in [0, 0.05) is 16.7 Å². The standard InChI is InChI=1S/C16H26BrN3O5S/c1-11(2)20(15(21)25-16(3,4)5)7-8-24-14-13(19-26(6,22)23)9-12(17)10-18-14/h9-11,19H,7-8H2,1-6H3. The van der Waals surface area contributed by atoms with Gasteiger partial charge < -0.3 is 14.4 Å².